The van der Waals surface area contributed by atoms with Gasteiger partial charge in [0.15, 0.2) is 0 Å². The van der Waals surface area contributed by atoms with E-state index in [4.69, 9.17) is 5.73 Å². The molecule has 18 heavy (non-hydrogen) atoms. The Kier molecular flexibility index (Phi) is 6.09. The summed E-state index contributed by atoms with van der Waals surface area (Å²) in [6.07, 6.45) is 7.56. The fourth-order valence-corrected chi connectivity index (χ4v) is 2.25. The molecule has 1 amide bonds. The zero-order valence-corrected chi connectivity index (χ0v) is 11.2. The Balaban J connectivity index is 0.00000162. The number of amides is 1. The lowest BCUT2D eigenvalue weighted by Gasteiger charge is -2.22. The first kappa shape index (κ1) is 14.9. The minimum Gasteiger partial charge on any atom is -0.349 e. The molecule has 1 saturated carbocycles. The van der Waals surface area contributed by atoms with Crippen molar-refractivity contribution in [2.45, 2.75) is 44.7 Å². The lowest BCUT2D eigenvalue weighted by atomic mass is 9.95. The predicted octanol–water partition coefficient (Wildman–Crippen LogP) is 2.02. The van der Waals surface area contributed by atoms with Gasteiger partial charge in [0.05, 0.1) is 5.69 Å². The van der Waals surface area contributed by atoms with Crippen LogP contribution in [0.4, 0.5) is 0 Å². The Morgan fingerprint density at radius 3 is 2.78 bits per heavy atom. The standard InChI is InChI=1S/C13H19N3O.ClH/c14-9-12-8-10(6-7-15-12)13(17)16-11-4-2-1-3-5-11;/h6-8,11H,1-5,9,14H2,(H,16,17);1H. The van der Waals surface area contributed by atoms with Crippen LogP contribution in [0.3, 0.4) is 0 Å². The molecule has 1 heterocycles. The van der Waals surface area contributed by atoms with Crippen LogP contribution in [0.5, 0.6) is 0 Å². The number of halogens is 1. The first-order valence-electron chi connectivity index (χ1n) is 6.25. The molecule has 0 radical (unpaired) electrons. The van der Waals surface area contributed by atoms with Crippen LogP contribution in [-0.4, -0.2) is 16.9 Å². The number of nitrogens with zero attached hydrogens (tertiary/aromatic N) is 1. The lowest BCUT2D eigenvalue weighted by molar-refractivity contribution is 0.0927. The minimum absolute atomic E-state index is 0. The van der Waals surface area contributed by atoms with Crippen molar-refractivity contribution < 1.29 is 4.79 Å². The van der Waals surface area contributed by atoms with E-state index in [0.717, 1.165) is 18.5 Å². The van der Waals surface area contributed by atoms with Gasteiger partial charge in [-0.05, 0) is 25.0 Å². The van der Waals surface area contributed by atoms with Gasteiger partial charge in [-0.1, -0.05) is 19.3 Å². The third-order valence-corrected chi connectivity index (χ3v) is 3.23. The van der Waals surface area contributed by atoms with Crippen LogP contribution in [0.25, 0.3) is 0 Å². The number of carbonyl (C=O) groups excluding carboxylic acids is 1. The molecular weight excluding hydrogens is 250 g/mol. The van der Waals surface area contributed by atoms with E-state index in [9.17, 15) is 4.79 Å². The maximum atomic E-state index is 12.0. The van der Waals surface area contributed by atoms with Crippen molar-refractivity contribution in [3.63, 3.8) is 0 Å². The highest BCUT2D eigenvalue weighted by Crippen LogP contribution is 2.17. The topological polar surface area (TPSA) is 68.0 Å². The summed E-state index contributed by atoms with van der Waals surface area (Å²) in [5.74, 6) is -0.00556. The number of nitrogens with one attached hydrogen (secondary N) is 1. The molecule has 0 spiro atoms. The van der Waals surface area contributed by atoms with Gasteiger partial charge in [-0.15, -0.1) is 12.4 Å². The number of nitrogens with two attached hydrogens (primary N) is 1. The number of rotatable bonds is 3. The Morgan fingerprint density at radius 1 is 1.39 bits per heavy atom. The molecule has 0 aromatic carbocycles. The summed E-state index contributed by atoms with van der Waals surface area (Å²) in [4.78, 5) is 16.1. The molecule has 2 rings (SSSR count). The summed E-state index contributed by atoms with van der Waals surface area (Å²) in [6.45, 7) is 0.366. The number of pyridine rings is 1. The second kappa shape index (κ2) is 7.34. The van der Waals surface area contributed by atoms with E-state index in [1.54, 1.807) is 18.3 Å². The van der Waals surface area contributed by atoms with Crippen LogP contribution >= 0.6 is 12.4 Å². The van der Waals surface area contributed by atoms with Gasteiger partial charge in [-0.3, -0.25) is 9.78 Å². The molecule has 3 N–H and O–H groups in total. The van der Waals surface area contributed by atoms with Gasteiger partial charge in [0, 0.05) is 24.3 Å². The van der Waals surface area contributed by atoms with Crippen molar-refractivity contribution >= 4 is 18.3 Å². The summed E-state index contributed by atoms with van der Waals surface area (Å²) >= 11 is 0. The quantitative estimate of drug-likeness (QED) is 0.882. The number of aromatic nitrogens is 1. The molecule has 0 bridgehead atoms. The molecule has 1 aliphatic rings. The lowest BCUT2D eigenvalue weighted by Crippen LogP contribution is -2.36. The Morgan fingerprint density at radius 2 is 2.11 bits per heavy atom. The van der Waals surface area contributed by atoms with Crippen molar-refractivity contribution in [2.75, 3.05) is 0 Å². The summed E-state index contributed by atoms with van der Waals surface area (Å²) in [6, 6.07) is 3.83. The first-order chi connectivity index (χ1) is 8.29. The van der Waals surface area contributed by atoms with E-state index in [1.807, 2.05) is 0 Å². The zero-order chi connectivity index (χ0) is 12.1. The molecular formula is C13H20ClN3O. The van der Waals surface area contributed by atoms with Crippen molar-refractivity contribution in [3.05, 3.63) is 29.6 Å². The largest absolute Gasteiger partial charge is 0.349 e. The number of hydrogen-bond donors (Lipinski definition) is 2. The van der Waals surface area contributed by atoms with Crippen molar-refractivity contribution in [2.24, 2.45) is 5.73 Å². The molecule has 0 unspecified atom stereocenters. The van der Waals surface area contributed by atoms with E-state index in [0.29, 0.717) is 18.2 Å². The number of carbonyl (C=O) groups is 1. The molecule has 5 heteroatoms. The van der Waals surface area contributed by atoms with Crippen LogP contribution in [0, 0.1) is 0 Å². The average Bonchev–Trinajstić information content (AvgIpc) is 2.40. The van der Waals surface area contributed by atoms with Crippen molar-refractivity contribution in [3.8, 4) is 0 Å². The SMILES string of the molecule is Cl.NCc1cc(C(=O)NC2CCCCC2)ccn1. The monoisotopic (exact) mass is 269 g/mol. The molecule has 1 aromatic heterocycles. The zero-order valence-electron chi connectivity index (χ0n) is 10.4. The van der Waals surface area contributed by atoms with Crippen molar-refractivity contribution in [1.82, 2.24) is 10.3 Å². The van der Waals surface area contributed by atoms with Gasteiger partial charge in [0.25, 0.3) is 5.91 Å². The molecule has 100 valence electrons. The van der Waals surface area contributed by atoms with Gasteiger partial charge in [-0.2, -0.15) is 0 Å². The summed E-state index contributed by atoms with van der Waals surface area (Å²) in [5.41, 5.74) is 6.92. The van der Waals surface area contributed by atoms with Crippen LogP contribution in [0.2, 0.25) is 0 Å². The van der Waals surface area contributed by atoms with Crippen LogP contribution in [-0.2, 0) is 6.54 Å². The molecule has 1 fully saturated rings. The van der Waals surface area contributed by atoms with E-state index in [-0.39, 0.29) is 18.3 Å². The molecule has 0 saturated heterocycles. The van der Waals surface area contributed by atoms with Crippen molar-refractivity contribution in [1.29, 1.82) is 0 Å². The fraction of sp³-hybridized carbons (Fsp3) is 0.538. The van der Waals surface area contributed by atoms with E-state index in [2.05, 4.69) is 10.3 Å². The van der Waals surface area contributed by atoms with Gasteiger partial charge < -0.3 is 11.1 Å². The minimum atomic E-state index is -0.00556. The maximum Gasteiger partial charge on any atom is 0.251 e. The van der Waals surface area contributed by atoms with Gasteiger partial charge in [0.1, 0.15) is 0 Å². The molecule has 1 aliphatic carbocycles. The Hall–Kier alpha value is -1.13. The van der Waals surface area contributed by atoms with Gasteiger partial charge in [-0.25, -0.2) is 0 Å². The molecule has 0 atom stereocenters. The van der Waals surface area contributed by atoms with Crippen LogP contribution in [0.15, 0.2) is 18.3 Å². The molecule has 0 aliphatic heterocycles. The number of hydrogen-bond acceptors (Lipinski definition) is 3. The summed E-state index contributed by atoms with van der Waals surface area (Å²) in [5, 5.41) is 3.08. The predicted molar refractivity (Wildman–Crippen MR) is 73.7 cm³/mol. The summed E-state index contributed by atoms with van der Waals surface area (Å²) < 4.78 is 0. The van der Waals surface area contributed by atoms with E-state index >= 15 is 0 Å². The average molecular weight is 270 g/mol. The van der Waals surface area contributed by atoms with Gasteiger partial charge >= 0.3 is 0 Å². The Bertz CT molecular complexity index is 392. The highest BCUT2D eigenvalue weighted by Gasteiger charge is 2.16. The fourth-order valence-electron chi connectivity index (χ4n) is 2.25. The van der Waals surface area contributed by atoms with Gasteiger partial charge in [0.2, 0.25) is 0 Å². The third-order valence-electron chi connectivity index (χ3n) is 3.23. The normalized spacial score (nSPS) is 15.8. The molecule has 4 nitrogen and oxygen atoms in total. The highest BCUT2D eigenvalue weighted by atomic mass is 35.5. The van der Waals surface area contributed by atoms with Crippen LogP contribution in [0.1, 0.15) is 48.2 Å². The third kappa shape index (κ3) is 3.96. The van der Waals surface area contributed by atoms with E-state index in [1.165, 1.54) is 19.3 Å². The van der Waals surface area contributed by atoms with E-state index < -0.39 is 0 Å². The smallest absolute Gasteiger partial charge is 0.251 e. The summed E-state index contributed by atoms with van der Waals surface area (Å²) in [7, 11) is 0. The highest BCUT2D eigenvalue weighted by molar-refractivity contribution is 5.94. The Labute approximate surface area is 114 Å². The second-order valence-corrected chi connectivity index (χ2v) is 4.55. The first-order valence-corrected chi connectivity index (χ1v) is 6.25. The maximum absolute atomic E-state index is 12.0. The van der Waals surface area contributed by atoms with Crippen LogP contribution < -0.4 is 11.1 Å². The molecule has 1 aromatic rings. The second-order valence-electron chi connectivity index (χ2n) is 4.55.